The number of Topliss-reactive ketones (excluding diaryl/α,β-unsaturated/α-hetero) is 1. The van der Waals surface area contributed by atoms with E-state index in [4.69, 9.17) is 4.74 Å². The molecule has 21 heavy (non-hydrogen) atoms. The van der Waals surface area contributed by atoms with Gasteiger partial charge in [-0.05, 0) is 20.3 Å². The fourth-order valence-corrected chi connectivity index (χ4v) is 3.23. The predicted octanol–water partition coefficient (Wildman–Crippen LogP) is 2.09. The summed E-state index contributed by atoms with van der Waals surface area (Å²) in [6.07, 6.45) is 2.37. The number of nitrogens with zero attached hydrogens (tertiary/aromatic N) is 1. The van der Waals surface area contributed by atoms with Crippen LogP contribution < -0.4 is 5.32 Å². The van der Waals surface area contributed by atoms with E-state index >= 15 is 0 Å². The number of carbonyl (C=O) groups is 2. The van der Waals surface area contributed by atoms with Crippen molar-refractivity contribution in [1.29, 1.82) is 0 Å². The Balaban J connectivity index is 2.84. The summed E-state index contributed by atoms with van der Waals surface area (Å²) < 4.78 is 16.0. The van der Waals surface area contributed by atoms with Crippen LogP contribution in [-0.4, -0.2) is 45.6 Å². The number of ketones is 1. The molecule has 1 heterocycles. The maximum Gasteiger partial charge on any atom is 0.358 e. The van der Waals surface area contributed by atoms with Crippen LogP contribution in [0, 0.1) is 0 Å². The van der Waals surface area contributed by atoms with E-state index < -0.39 is 16.8 Å². The summed E-state index contributed by atoms with van der Waals surface area (Å²) in [5.74, 6) is -0.218. The molecule has 2 unspecified atom stereocenters. The molecular formula is C13H20N2O4S2. The minimum Gasteiger partial charge on any atom is -0.461 e. The summed E-state index contributed by atoms with van der Waals surface area (Å²) >= 11 is 1.14. The highest BCUT2D eigenvalue weighted by atomic mass is 32.2. The highest BCUT2D eigenvalue weighted by Gasteiger charge is 2.22. The Labute approximate surface area is 130 Å². The zero-order valence-electron chi connectivity index (χ0n) is 12.6. The van der Waals surface area contributed by atoms with E-state index in [1.165, 1.54) is 6.92 Å². The lowest BCUT2D eigenvalue weighted by molar-refractivity contribution is 0.0517. The number of thiazole rings is 1. The van der Waals surface area contributed by atoms with Gasteiger partial charge in [0, 0.05) is 35.8 Å². The van der Waals surface area contributed by atoms with Gasteiger partial charge in [-0.25, -0.2) is 9.78 Å². The number of ether oxygens (including phenoxy) is 1. The molecule has 0 fully saturated rings. The third-order valence-electron chi connectivity index (χ3n) is 2.62. The molecule has 1 rings (SSSR count). The van der Waals surface area contributed by atoms with Gasteiger partial charge in [0.15, 0.2) is 16.6 Å². The van der Waals surface area contributed by atoms with E-state index in [9.17, 15) is 13.8 Å². The number of rotatable bonds is 8. The highest BCUT2D eigenvalue weighted by Crippen LogP contribution is 2.25. The second kappa shape index (κ2) is 8.23. The monoisotopic (exact) mass is 332 g/mol. The zero-order valence-corrected chi connectivity index (χ0v) is 14.2. The summed E-state index contributed by atoms with van der Waals surface area (Å²) in [6, 6.07) is 0.0508. The number of esters is 1. The Morgan fingerprint density at radius 1 is 1.48 bits per heavy atom. The minimum absolute atomic E-state index is 0.0508. The molecule has 2 atom stereocenters. The van der Waals surface area contributed by atoms with Crippen LogP contribution in [0.3, 0.4) is 0 Å². The smallest absolute Gasteiger partial charge is 0.358 e. The average molecular weight is 332 g/mol. The molecule has 0 radical (unpaired) electrons. The molecule has 0 saturated heterocycles. The van der Waals surface area contributed by atoms with Crippen LogP contribution in [0.4, 0.5) is 5.13 Å². The molecule has 6 nitrogen and oxygen atoms in total. The van der Waals surface area contributed by atoms with Crippen LogP contribution in [0.5, 0.6) is 0 Å². The van der Waals surface area contributed by atoms with Crippen LogP contribution in [0.1, 0.15) is 47.4 Å². The number of anilines is 1. The molecule has 0 bridgehead atoms. The van der Waals surface area contributed by atoms with E-state index in [0.717, 1.165) is 11.3 Å². The maximum absolute atomic E-state index is 11.8. The second-order valence-electron chi connectivity index (χ2n) is 4.58. The van der Waals surface area contributed by atoms with Crippen molar-refractivity contribution < 1.29 is 18.5 Å². The number of hydrogen-bond acceptors (Lipinski definition) is 7. The first-order valence-corrected chi connectivity index (χ1v) is 9.15. The minimum atomic E-state index is -0.846. The molecule has 1 N–H and O–H groups in total. The first kappa shape index (κ1) is 17.8. The standard InChI is InChI=1S/C13H20N2O4S2/c1-5-19-12(17)10-11(9(3)16)20-13(15-10)14-8(2)6-7-21(4)18/h8H,5-7H2,1-4H3,(H,14,15). The van der Waals surface area contributed by atoms with Gasteiger partial charge < -0.3 is 10.1 Å². The van der Waals surface area contributed by atoms with Crippen LogP contribution in [-0.2, 0) is 15.5 Å². The highest BCUT2D eigenvalue weighted by molar-refractivity contribution is 7.84. The summed E-state index contributed by atoms with van der Waals surface area (Å²) in [6.45, 7) is 5.26. The van der Waals surface area contributed by atoms with Gasteiger partial charge in [0.2, 0.25) is 0 Å². The zero-order chi connectivity index (χ0) is 16.0. The molecule has 0 aliphatic rings. The first-order valence-electron chi connectivity index (χ1n) is 6.60. The van der Waals surface area contributed by atoms with Crippen molar-refractivity contribution in [2.75, 3.05) is 23.9 Å². The van der Waals surface area contributed by atoms with E-state index in [-0.39, 0.29) is 24.1 Å². The topological polar surface area (TPSA) is 85.4 Å². The second-order valence-corrected chi connectivity index (χ2v) is 7.14. The third-order valence-corrected chi connectivity index (χ3v) is 4.52. The van der Waals surface area contributed by atoms with Gasteiger partial charge in [-0.1, -0.05) is 11.3 Å². The van der Waals surface area contributed by atoms with Crippen molar-refractivity contribution in [1.82, 2.24) is 4.98 Å². The van der Waals surface area contributed by atoms with Gasteiger partial charge in [0.25, 0.3) is 0 Å². The normalized spacial score (nSPS) is 13.5. The van der Waals surface area contributed by atoms with Gasteiger partial charge >= 0.3 is 5.97 Å². The summed E-state index contributed by atoms with van der Waals surface area (Å²) in [5.41, 5.74) is 0.0584. The van der Waals surface area contributed by atoms with Gasteiger partial charge in [0.1, 0.15) is 4.88 Å². The quantitative estimate of drug-likeness (QED) is 0.579. The van der Waals surface area contributed by atoms with Crippen molar-refractivity contribution in [3.8, 4) is 0 Å². The number of aromatic nitrogens is 1. The number of nitrogens with one attached hydrogen (secondary N) is 1. The Hall–Kier alpha value is -1.28. The molecule has 1 aromatic heterocycles. The molecule has 1 aromatic rings. The molecule has 8 heteroatoms. The molecule has 0 amide bonds. The van der Waals surface area contributed by atoms with Crippen molar-refractivity contribution in [2.45, 2.75) is 33.2 Å². The lowest BCUT2D eigenvalue weighted by atomic mass is 10.3. The molecule has 0 spiro atoms. The van der Waals surface area contributed by atoms with E-state index in [0.29, 0.717) is 22.2 Å². The predicted molar refractivity (Wildman–Crippen MR) is 84.7 cm³/mol. The fraction of sp³-hybridized carbons (Fsp3) is 0.615. The number of carbonyl (C=O) groups excluding carboxylic acids is 2. The van der Waals surface area contributed by atoms with Crippen LogP contribution >= 0.6 is 11.3 Å². The Morgan fingerprint density at radius 3 is 2.67 bits per heavy atom. The fourth-order valence-electron chi connectivity index (χ4n) is 1.58. The first-order chi connectivity index (χ1) is 9.85. The lowest BCUT2D eigenvalue weighted by Crippen LogP contribution is -2.18. The molecule has 0 aliphatic carbocycles. The van der Waals surface area contributed by atoms with E-state index in [1.54, 1.807) is 13.2 Å². The largest absolute Gasteiger partial charge is 0.461 e. The average Bonchev–Trinajstić information content (AvgIpc) is 2.81. The Kier molecular flexibility index (Phi) is 6.97. The Bertz CT molecular complexity index is 542. The van der Waals surface area contributed by atoms with Crippen molar-refractivity contribution >= 4 is 39.0 Å². The molecule has 0 aromatic carbocycles. The molecule has 0 aliphatic heterocycles. The summed E-state index contributed by atoms with van der Waals surface area (Å²) in [7, 11) is -0.846. The molecule has 118 valence electrons. The van der Waals surface area contributed by atoms with Crippen molar-refractivity contribution in [3.05, 3.63) is 10.6 Å². The maximum atomic E-state index is 11.8. The van der Waals surface area contributed by atoms with Crippen molar-refractivity contribution in [2.24, 2.45) is 0 Å². The van der Waals surface area contributed by atoms with Gasteiger partial charge in [-0.3, -0.25) is 9.00 Å². The molecular weight excluding hydrogens is 312 g/mol. The summed E-state index contributed by atoms with van der Waals surface area (Å²) in [4.78, 5) is 27.8. The third kappa shape index (κ3) is 5.55. The van der Waals surface area contributed by atoms with Crippen molar-refractivity contribution in [3.63, 3.8) is 0 Å². The number of hydrogen-bond donors (Lipinski definition) is 1. The van der Waals surface area contributed by atoms with Crippen LogP contribution in [0.2, 0.25) is 0 Å². The van der Waals surface area contributed by atoms with Gasteiger partial charge in [-0.15, -0.1) is 0 Å². The lowest BCUT2D eigenvalue weighted by Gasteiger charge is -2.11. The summed E-state index contributed by atoms with van der Waals surface area (Å²) in [5, 5.41) is 3.62. The molecule has 0 saturated carbocycles. The van der Waals surface area contributed by atoms with Gasteiger partial charge in [0.05, 0.1) is 6.61 Å². The van der Waals surface area contributed by atoms with Crippen LogP contribution in [0.15, 0.2) is 0 Å². The van der Waals surface area contributed by atoms with Gasteiger partial charge in [-0.2, -0.15) is 0 Å². The van der Waals surface area contributed by atoms with Crippen LogP contribution in [0.25, 0.3) is 0 Å². The van der Waals surface area contributed by atoms with E-state index in [1.807, 2.05) is 6.92 Å². The van der Waals surface area contributed by atoms with E-state index in [2.05, 4.69) is 10.3 Å². The Morgan fingerprint density at radius 2 is 2.14 bits per heavy atom. The SMILES string of the molecule is CCOC(=O)c1nc(NC(C)CCS(C)=O)sc1C(C)=O.